The van der Waals surface area contributed by atoms with Gasteiger partial charge in [-0.3, -0.25) is 4.79 Å². The summed E-state index contributed by atoms with van der Waals surface area (Å²) < 4.78 is 6.77. The van der Waals surface area contributed by atoms with Crippen molar-refractivity contribution >= 4 is 17.6 Å². The van der Waals surface area contributed by atoms with Gasteiger partial charge in [0.05, 0.1) is 11.6 Å². The highest BCUT2D eigenvalue weighted by Crippen LogP contribution is 2.11. The summed E-state index contributed by atoms with van der Waals surface area (Å²) in [6, 6.07) is 7.94. The topological polar surface area (TPSA) is 123 Å². The number of hydrogen-bond donors (Lipinski definition) is 1. The number of tetrazole rings is 1. The Kier molecular flexibility index (Phi) is 5.96. The first kappa shape index (κ1) is 17.1. The zero-order valence-corrected chi connectivity index (χ0v) is 13.1. The molecule has 0 unspecified atom stereocenters. The van der Waals surface area contributed by atoms with E-state index in [2.05, 4.69) is 20.8 Å². The molecular weight excluding hydrogens is 312 g/mol. The summed E-state index contributed by atoms with van der Waals surface area (Å²) in [4.78, 5) is 23.3. The van der Waals surface area contributed by atoms with Gasteiger partial charge in [0.2, 0.25) is 5.91 Å². The van der Waals surface area contributed by atoms with E-state index in [1.54, 1.807) is 22.9 Å². The van der Waals surface area contributed by atoms with Gasteiger partial charge in [-0.05, 0) is 41.1 Å². The summed E-state index contributed by atoms with van der Waals surface area (Å²) in [5, 5.41) is 22.2. The molecule has 1 N–H and O–H groups in total. The molecule has 24 heavy (non-hydrogen) atoms. The Morgan fingerprint density at radius 1 is 1.33 bits per heavy atom. The minimum atomic E-state index is -0.518. The third-order valence-electron chi connectivity index (χ3n) is 3.02. The van der Waals surface area contributed by atoms with Gasteiger partial charge in [0, 0.05) is 12.2 Å². The van der Waals surface area contributed by atoms with Gasteiger partial charge in [-0.25, -0.2) is 9.48 Å². The maximum Gasteiger partial charge on any atom is 0.338 e. The molecule has 9 nitrogen and oxygen atoms in total. The van der Waals surface area contributed by atoms with Gasteiger partial charge < -0.3 is 10.1 Å². The Labute approximate surface area is 138 Å². The Morgan fingerprint density at radius 2 is 2.08 bits per heavy atom. The van der Waals surface area contributed by atoms with E-state index < -0.39 is 11.9 Å². The number of nitrogens with one attached hydrogen (secondary N) is 1. The predicted molar refractivity (Wildman–Crippen MR) is 82.5 cm³/mol. The van der Waals surface area contributed by atoms with E-state index in [0.717, 1.165) is 6.42 Å². The van der Waals surface area contributed by atoms with Crippen molar-refractivity contribution in [2.75, 3.05) is 5.32 Å². The van der Waals surface area contributed by atoms with E-state index in [1.165, 1.54) is 12.1 Å². The zero-order valence-electron chi connectivity index (χ0n) is 13.1. The number of aromatic nitrogens is 4. The van der Waals surface area contributed by atoms with Crippen LogP contribution in [0.4, 0.5) is 5.69 Å². The third kappa shape index (κ3) is 4.61. The van der Waals surface area contributed by atoms with Crippen molar-refractivity contribution in [3.63, 3.8) is 0 Å². The molecule has 0 aliphatic rings. The van der Waals surface area contributed by atoms with Crippen molar-refractivity contribution in [2.24, 2.45) is 0 Å². The number of carbonyl (C=O) groups excluding carboxylic acids is 2. The molecule has 0 spiro atoms. The molecule has 0 atom stereocenters. The average Bonchev–Trinajstić information content (AvgIpc) is 3.01. The molecule has 0 aliphatic heterocycles. The molecule has 0 saturated carbocycles. The van der Waals surface area contributed by atoms with Crippen LogP contribution in [0.2, 0.25) is 0 Å². The fraction of sp³-hybridized carbons (Fsp3) is 0.333. The van der Waals surface area contributed by atoms with Crippen LogP contribution < -0.4 is 5.32 Å². The Bertz CT molecular complexity index is 747. The number of nitriles is 1. The van der Waals surface area contributed by atoms with Crippen molar-refractivity contribution in [3.8, 4) is 6.07 Å². The van der Waals surface area contributed by atoms with Crippen LogP contribution in [0.25, 0.3) is 0 Å². The number of esters is 1. The van der Waals surface area contributed by atoms with Crippen LogP contribution in [-0.2, 0) is 22.7 Å². The maximum absolute atomic E-state index is 12.0. The molecule has 124 valence electrons. The summed E-state index contributed by atoms with van der Waals surface area (Å²) in [6.07, 6.45) is 0.640. The molecule has 2 rings (SSSR count). The van der Waals surface area contributed by atoms with Crippen LogP contribution in [-0.4, -0.2) is 32.1 Å². The molecule has 0 saturated heterocycles. The van der Waals surface area contributed by atoms with E-state index in [9.17, 15) is 9.59 Å². The molecule has 9 heteroatoms. The van der Waals surface area contributed by atoms with Crippen LogP contribution in [0.3, 0.4) is 0 Å². The highest BCUT2D eigenvalue weighted by atomic mass is 16.5. The molecule has 0 radical (unpaired) electrons. The lowest BCUT2D eigenvalue weighted by Crippen LogP contribution is -2.12. The van der Waals surface area contributed by atoms with E-state index >= 15 is 0 Å². The molecular formula is C15H16N6O3. The van der Waals surface area contributed by atoms with Crippen LogP contribution in [0.15, 0.2) is 24.3 Å². The first-order valence-corrected chi connectivity index (χ1v) is 7.33. The van der Waals surface area contributed by atoms with E-state index in [0.29, 0.717) is 23.6 Å². The third-order valence-corrected chi connectivity index (χ3v) is 3.02. The molecule has 2 aromatic rings. The predicted octanol–water partition coefficient (Wildman–Crippen LogP) is 1.29. The smallest absolute Gasteiger partial charge is 0.338 e. The second kappa shape index (κ2) is 8.38. The number of hydrogen-bond acceptors (Lipinski definition) is 7. The van der Waals surface area contributed by atoms with Gasteiger partial charge in [-0.15, -0.1) is 5.10 Å². The molecule has 0 aliphatic carbocycles. The molecule has 1 heterocycles. The number of ether oxygens (including phenoxy) is 1. The van der Waals surface area contributed by atoms with Crippen LogP contribution in [0, 0.1) is 11.3 Å². The number of benzene rings is 1. The van der Waals surface area contributed by atoms with E-state index in [-0.39, 0.29) is 13.0 Å². The highest BCUT2D eigenvalue weighted by Gasteiger charge is 2.11. The summed E-state index contributed by atoms with van der Waals surface area (Å²) in [5.74, 6) is -0.447. The highest BCUT2D eigenvalue weighted by molar-refractivity contribution is 5.93. The molecule has 0 fully saturated rings. The average molecular weight is 328 g/mol. The second-order valence-corrected chi connectivity index (χ2v) is 4.85. The van der Waals surface area contributed by atoms with E-state index in [1.807, 2.05) is 6.92 Å². The Morgan fingerprint density at radius 3 is 2.75 bits per heavy atom. The maximum atomic E-state index is 12.0. The first-order valence-electron chi connectivity index (χ1n) is 7.33. The minimum absolute atomic E-state index is 0.0213. The van der Waals surface area contributed by atoms with Gasteiger partial charge in [-0.2, -0.15) is 5.26 Å². The molecule has 1 amide bonds. The largest absolute Gasteiger partial charge is 0.454 e. The molecule has 0 bridgehead atoms. The molecule has 1 aromatic heterocycles. The minimum Gasteiger partial charge on any atom is -0.454 e. The van der Waals surface area contributed by atoms with Crippen LogP contribution in [0.1, 0.15) is 35.9 Å². The summed E-state index contributed by atoms with van der Waals surface area (Å²) >= 11 is 0. The van der Waals surface area contributed by atoms with Gasteiger partial charge in [0.1, 0.15) is 6.42 Å². The van der Waals surface area contributed by atoms with Crippen LogP contribution in [0.5, 0.6) is 0 Å². The lowest BCUT2D eigenvalue weighted by atomic mass is 10.2. The summed E-state index contributed by atoms with van der Waals surface area (Å²) in [7, 11) is 0. The number of aryl methyl sites for hydroxylation is 1. The Balaban J connectivity index is 1.92. The van der Waals surface area contributed by atoms with Crippen molar-refractivity contribution in [3.05, 3.63) is 35.7 Å². The van der Waals surface area contributed by atoms with Crippen molar-refractivity contribution < 1.29 is 14.3 Å². The van der Waals surface area contributed by atoms with Crippen molar-refractivity contribution in [1.82, 2.24) is 20.2 Å². The quantitative estimate of drug-likeness (QED) is 0.760. The van der Waals surface area contributed by atoms with Gasteiger partial charge >= 0.3 is 5.97 Å². The number of rotatable bonds is 7. The van der Waals surface area contributed by atoms with Gasteiger partial charge in [0.25, 0.3) is 0 Å². The second-order valence-electron chi connectivity index (χ2n) is 4.85. The molecule has 1 aromatic carbocycles. The Hall–Kier alpha value is -3.28. The lowest BCUT2D eigenvalue weighted by molar-refractivity contribution is -0.115. The lowest BCUT2D eigenvalue weighted by Gasteiger charge is -2.06. The SMILES string of the molecule is CCCn1nnnc1COC(=O)c1ccc(NC(=O)CC#N)cc1. The van der Waals surface area contributed by atoms with Gasteiger partial charge in [-0.1, -0.05) is 6.92 Å². The van der Waals surface area contributed by atoms with Gasteiger partial charge in [0.15, 0.2) is 12.4 Å². The summed E-state index contributed by atoms with van der Waals surface area (Å²) in [5.41, 5.74) is 0.835. The zero-order chi connectivity index (χ0) is 17.4. The van der Waals surface area contributed by atoms with Crippen molar-refractivity contribution in [1.29, 1.82) is 5.26 Å². The fourth-order valence-electron chi connectivity index (χ4n) is 1.89. The first-order chi connectivity index (χ1) is 11.6. The number of carbonyl (C=O) groups is 2. The normalized spacial score (nSPS) is 10.0. The van der Waals surface area contributed by atoms with Crippen LogP contribution >= 0.6 is 0 Å². The van der Waals surface area contributed by atoms with E-state index in [4.69, 9.17) is 10.00 Å². The number of nitrogens with zero attached hydrogens (tertiary/aromatic N) is 5. The monoisotopic (exact) mass is 328 g/mol. The number of anilines is 1. The standard InChI is InChI=1S/C15H16N6O3/c1-2-9-21-13(18-19-20-21)10-24-15(23)11-3-5-12(6-4-11)17-14(22)7-8-16/h3-6H,2,7,9-10H2,1H3,(H,17,22). The fourth-order valence-corrected chi connectivity index (χ4v) is 1.89. The van der Waals surface area contributed by atoms with Crippen molar-refractivity contribution in [2.45, 2.75) is 32.9 Å². The number of amides is 1. The summed E-state index contributed by atoms with van der Waals surface area (Å²) in [6.45, 7) is 2.62.